The molecule has 0 radical (unpaired) electrons. The highest BCUT2D eigenvalue weighted by Gasteiger charge is 2.19. The van der Waals surface area contributed by atoms with Gasteiger partial charge >= 0.3 is 5.97 Å². The number of amides is 1. The van der Waals surface area contributed by atoms with Gasteiger partial charge in [-0.1, -0.05) is 32.3 Å². The van der Waals surface area contributed by atoms with E-state index in [1.165, 1.54) is 12.0 Å². The zero-order valence-corrected chi connectivity index (χ0v) is 19.4. The van der Waals surface area contributed by atoms with E-state index in [9.17, 15) is 9.59 Å². The fraction of sp³-hybridized carbons (Fsp3) is 0.667. The van der Waals surface area contributed by atoms with Crippen molar-refractivity contribution in [1.29, 1.82) is 0 Å². The van der Waals surface area contributed by atoms with Gasteiger partial charge in [-0.25, -0.2) is 0 Å². The third-order valence-electron chi connectivity index (χ3n) is 5.56. The van der Waals surface area contributed by atoms with E-state index in [2.05, 4.69) is 17.9 Å². The second kappa shape index (κ2) is 15.5. The number of primary amides is 1. The SMILES string of the molecule is CCCN(CCCC(N)=O)CCc1ccc(OC)c(OC)c1.O=C(O)C1CCCCC1. The van der Waals surface area contributed by atoms with Crippen LogP contribution < -0.4 is 15.2 Å². The van der Waals surface area contributed by atoms with Crippen LogP contribution in [0.4, 0.5) is 0 Å². The van der Waals surface area contributed by atoms with Gasteiger partial charge in [-0.05, 0) is 62.9 Å². The van der Waals surface area contributed by atoms with Crippen LogP contribution in [0.2, 0.25) is 0 Å². The maximum atomic E-state index is 10.8. The van der Waals surface area contributed by atoms with Crippen molar-refractivity contribution in [3.05, 3.63) is 23.8 Å². The molecule has 1 aliphatic carbocycles. The molecule has 1 aromatic carbocycles. The van der Waals surface area contributed by atoms with Crippen molar-refractivity contribution in [1.82, 2.24) is 4.90 Å². The predicted octanol–water partition coefficient (Wildman–Crippen LogP) is 3.88. The fourth-order valence-electron chi connectivity index (χ4n) is 3.80. The van der Waals surface area contributed by atoms with Crippen LogP contribution in [0.15, 0.2) is 18.2 Å². The number of nitrogens with zero attached hydrogens (tertiary/aromatic N) is 1. The topological polar surface area (TPSA) is 102 Å². The Balaban J connectivity index is 0.000000442. The minimum absolute atomic E-state index is 0.0289. The first-order valence-corrected chi connectivity index (χ1v) is 11.4. The summed E-state index contributed by atoms with van der Waals surface area (Å²) >= 11 is 0. The van der Waals surface area contributed by atoms with Crippen LogP contribution in [0.1, 0.15) is 63.9 Å². The molecule has 0 unspecified atom stereocenters. The Hall–Kier alpha value is -2.28. The van der Waals surface area contributed by atoms with Gasteiger partial charge in [0, 0.05) is 13.0 Å². The summed E-state index contributed by atoms with van der Waals surface area (Å²) < 4.78 is 10.6. The van der Waals surface area contributed by atoms with E-state index in [1.54, 1.807) is 14.2 Å². The number of hydrogen-bond acceptors (Lipinski definition) is 5. The number of rotatable bonds is 12. The van der Waals surface area contributed by atoms with E-state index in [-0.39, 0.29) is 11.8 Å². The summed E-state index contributed by atoms with van der Waals surface area (Å²) in [4.78, 5) is 23.6. The molecule has 0 saturated heterocycles. The van der Waals surface area contributed by atoms with Gasteiger partial charge in [0.2, 0.25) is 5.91 Å². The van der Waals surface area contributed by atoms with Gasteiger partial charge < -0.3 is 25.2 Å². The van der Waals surface area contributed by atoms with E-state index in [1.807, 2.05) is 12.1 Å². The van der Waals surface area contributed by atoms with Crippen molar-refractivity contribution in [2.24, 2.45) is 11.7 Å². The number of ether oxygens (including phenoxy) is 2. The number of benzene rings is 1. The molecule has 7 heteroatoms. The lowest BCUT2D eigenvalue weighted by atomic mass is 9.90. The molecule has 1 saturated carbocycles. The minimum Gasteiger partial charge on any atom is -0.493 e. The number of carbonyl (C=O) groups excluding carboxylic acids is 1. The molecular weight excluding hydrogens is 396 g/mol. The minimum atomic E-state index is -0.602. The lowest BCUT2D eigenvalue weighted by molar-refractivity contribution is -0.142. The van der Waals surface area contributed by atoms with Gasteiger partial charge in [0.25, 0.3) is 0 Å². The van der Waals surface area contributed by atoms with E-state index in [4.69, 9.17) is 20.3 Å². The highest BCUT2D eigenvalue weighted by atomic mass is 16.5. The Morgan fingerprint density at radius 2 is 1.74 bits per heavy atom. The van der Waals surface area contributed by atoms with Gasteiger partial charge in [0.05, 0.1) is 20.1 Å². The van der Waals surface area contributed by atoms with Crippen molar-refractivity contribution < 1.29 is 24.2 Å². The Labute approximate surface area is 186 Å². The first kappa shape index (κ1) is 26.8. The van der Waals surface area contributed by atoms with Crippen molar-refractivity contribution in [2.75, 3.05) is 33.9 Å². The van der Waals surface area contributed by atoms with Crippen LogP contribution in [0.5, 0.6) is 11.5 Å². The quantitative estimate of drug-likeness (QED) is 0.516. The number of nitrogens with two attached hydrogens (primary N) is 1. The molecule has 1 fully saturated rings. The number of carbonyl (C=O) groups is 2. The van der Waals surface area contributed by atoms with Crippen LogP contribution >= 0.6 is 0 Å². The normalized spacial score (nSPS) is 13.9. The fourth-order valence-corrected chi connectivity index (χ4v) is 3.80. The molecule has 1 aliphatic rings. The summed E-state index contributed by atoms with van der Waals surface area (Å²) in [6, 6.07) is 6.02. The summed E-state index contributed by atoms with van der Waals surface area (Å²) in [6.45, 7) is 5.07. The molecular formula is C24H40N2O5. The second-order valence-electron chi connectivity index (χ2n) is 8.02. The van der Waals surface area contributed by atoms with Crippen LogP contribution in [0.25, 0.3) is 0 Å². The Kier molecular flexibility index (Phi) is 13.4. The molecule has 0 bridgehead atoms. The molecule has 1 aromatic rings. The van der Waals surface area contributed by atoms with E-state index in [0.717, 1.165) is 76.1 Å². The summed E-state index contributed by atoms with van der Waals surface area (Å²) in [7, 11) is 3.29. The number of aliphatic carboxylic acids is 1. The van der Waals surface area contributed by atoms with Crippen molar-refractivity contribution in [2.45, 2.75) is 64.7 Å². The van der Waals surface area contributed by atoms with E-state index >= 15 is 0 Å². The predicted molar refractivity (Wildman–Crippen MR) is 123 cm³/mol. The number of methoxy groups -OCH3 is 2. The van der Waals surface area contributed by atoms with Crippen molar-refractivity contribution in [3.63, 3.8) is 0 Å². The van der Waals surface area contributed by atoms with Crippen LogP contribution in [-0.2, 0) is 16.0 Å². The molecule has 7 nitrogen and oxygen atoms in total. The lowest BCUT2D eigenvalue weighted by Gasteiger charge is -2.21. The van der Waals surface area contributed by atoms with Gasteiger partial charge in [-0.15, -0.1) is 0 Å². The summed E-state index contributed by atoms with van der Waals surface area (Å²) in [5, 5.41) is 8.54. The van der Waals surface area contributed by atoms with E-state index < -0.39 is 5.97 Å². The lowest BCUT2D eigenvalue weighted by Crippen LogP contribution is -2.29. The largest absolute Gasteiger partial charge is 0.493 e. The zero-order chi connectivity index (χ0) is 23.1. The summed E-state index contributed by atoms with van der Waals surface area (Å²) in [6.07, 6.45) is 8.56. The Morgan fingerprint density at radius 1 is 1.06 bits per heavy atom. The highest BCUT2D eigenvalue weighted by molar-refractivity contribution is 5.73. The monoisotopic (exact) mass is 436 g/mol. The molecule has 0 heterocycles. The average molecular weight is 437 g/mol. The maximum Gasteiger partial charge on any atom is 0.306 e. The standard InChI is InChI=1S/C17H28N2O3.C7H12O2/c1-4-10-19(11-5-6-17(18)20)12-9-14-7-8-15(21-2)16(13-14)22-3;8-7(9)6-4-2-1-3-5-6/h7-8,13H,4-6,9-12H2,1-3H3,(H2,18,20);6H,1-5H2,(H,8,9). The molecule has 31 heavy (non-hydrogen) atoms. The molecule has 0 aliphatic heterocycles. The number of carboxylic acids is 1. The van der Waals surface area contributed by atoms with Gasteiger partial charge in [-0.3, -0.25) is 9.59 Å². The molecule has 2 rings (SSSR count). The molecule has 0 aromatic heterocycles. The second-order valence-corrected chi connectivity index (χ2v) is 8.02. The smallest absolute Gasteiger partial charge is 0.306 e. The molecule has 176 valence electrons. The third-order valence-corrected chi connectivity index (χ3v) is 5.56. The number of carboxylic acid groups (broad SMARTS) is 1. The summed E-state index contributed by atoms with van der Waals surface area (Å²) in [5.74, 6) is 0.652. The first-order chi connectivity index (χ1) is 14.9. The van der Waals surface area contributed by atoms with Gasteiger partial charge in [-0.2, -0.15) is 0 Å². The van der Waals surface area contributed by atoms with Crippen molar-refractivity contribution in [3.8, 4) is 11.5 Å². The maximum absolute atomic E-state index is 10.8. The highest BCUT2D eigenvalue weighted by Crippen LogP contribution is 2.27. The van der Waals surface area contributed by atoms with Crippen LogP contribution in [0, 0.1) is 5.92 Å². The average Bonchev–Trinajstić information content (AvgIpc) is 2.78. The molecule has 1 amide bonds. The van der Waals surface area contributed by atoms with Gasteiger partial charge in [0.15, 0.2) is 11.5 Å². The molecule has 0 spiro atoms. The zero-order valence-electron chi connectivity index (χ0n) is 19.4. The van der Waals surface area contributed by atoms with Crippen molar-refractivity contribution >= 4 is 11.9 Å². The third kappa shape index (κ3) is 11.1. The Bertz CT molecular complexity index is 659. The van der Waals surface area contributed by atoms with Crippen LogP contribution in [-0.4, -0.2) is 55.7 Å². The molecule has 0 atom stereocenters. The number of hydrogen-bond donors (Lipinski definition) is 2. The van der Waals surface area contributed by atoms with Gasteiger partial charge in [0.1, 0.15) is 0 Å². The molecule has 3 N–H and O–H groups in total. The van der Waals surface area contributed by atoms with E-state index in [0.29, 0.717) is 6.42 Å². The first-order valence-electron chi connectivity index (χ1n) is 11.4. The Morgan fingerprint density at radius 3 is 2.26 bits per heavy atom. The van der Waals surface area contributed by atoms with Crippen LogP contribution in [0.3, 0.4) is 0 Å². The summed E-state index contributed by atoms with van der Waals surface area (Å²) in [5.41, 5.74) is 6.41.